The van der Waals surface area contributed by atoms with Gasteiger partial charge in [-0.15, -0.1) is 0 Å². The Hall–Kier alpha value is -4.24. The summed E-state index contributed by atoms with van der Waals surface area (Å²) >= 11 is 0. The van der Waals surface area contributed by atoms with E-state index in [1.807, 2.05) is 6.07 Å². The summed E-state index contributed by atoms with van der Waals surface area (Å²) in [5.41, 5.74) is 1.69. The minimum Gasteiger partial charge on any atom is -0.452 e. The van der Waals surface area contributed by atoms with Crippen LogP contribution in [-0.2, 0) is 9.53 Å². The van der Waals surface area contributed by atoms with Gasteiger partial charge in [-0.2, -0.15) is 5.26 Å². The van der Waals surface area contributed by atoms with E-state index in [-0.39, 0.29) is 16.9 Å². The van der Waals surface area contributed by atoms with Gasteiger partial charge < -0.3 is 10.1 Å². The Kier molecular flexibility index (Phi) is 6.13. The number of nitrogens with zero attached hydrogens (tertiary/aromatic N) is 1. The Morgan fingerprint density at radius 3 is 2.10 bits per heavy atom. The van der Waals surface area contributed by atoms with Crippen LogP contribution in [0.1, 0.15) is 31.8 Å². The quantitative estimate of drug-likeness (QED) is 0.518. The number of nitriles is 1. The zero-order valence-corrected chi connectivity index (χ0v) is 15.3. The third-order valence-corrected chi connectivity index (χ3v) is 4.06. The molecule has 29 heavy (non-hydrogen) atoms. The number of hydrogen-bond acceptors (Lipinski definition) is 5. The highest BCUT2D eigenvalue weighted by Crippen LogP contribution is 2.16. The molecule has 0 bridgehead atoms. The van der Waals surface area contributed by atoms with Crippen molar-refractivity contribution in [1.82, 2.24) is 0 Å². The number of rotatable bonds is 6. The van der Waals surface area contributed by atoms with Crippen LogP contribution < -0.4 is 5.32 Å². The molecular weight excluding hydrogens is 368 g/mol. The van der Waals surface area contributed by atoms with Gasteiger partial charge in [-0.3, -0.25) is 9.59 Å². The topological polar surface area (TPSA) is 96.3 Å². The Morgan fingerprint density at radius 2 is 1.45 bits per heavy atom. The first-order chi connectivity index (χ1) is 14.1. The number of anilines is 1. The van der Waals surface area contributed by atoms with Crippen LogP contribution >= 0.6 is 0 Å². The van der Waals surface area contributed by atoms with Crippen LogP contribution in [0, 0.1) is 11.3 Å². The van der Waals surface area contributed by atoms with E-state index in [0.717, 1.165) is 0 Å². The largest absolute Gasteiger partial charge is 0.452 e. The van der Waals surface area contributed by atoms with Gasteiger partial charge in [0.25, 0.3) is 5.91 Å². The molecule has 0 aliphatic carbocycles. The predicted molar refractivity (Wildman–Crippen MR) is 106 cm³/mol. The van der Waals surface area contributed by atoms with Crippen molar-refractivity contribution in [2.45, 2.75) is 0 Å². The van der Waals surface area contributed by atoms with Crippen LogP contribution in [0.4, 0.5) is 5.69 Å². The summed E-state index contributed by atoms with van der Waals surface area (Å²) in [6.45, 7) is -0.507. The van der Waals surface area contributed by atoms with Crippen molar-refractivity contribution in [2.24, 2.45) is 0 Å². The molecule has 6 heteroatoms. The summed E-state index contributed by atoms with van der Waals surface area (Å²) in [4.78, 5) is 37.2. The first-order valence-corrected chi connectivity index (χ1v) is 8.74. The molecule has 3 aromatic rings. The van der Waals surface area contributed by atoms with E-state index in [0.29, 0.717) is 16.8 Å². The second-order valence-corrected chi connectivity index (χ2v) is 6.05. The Bertz CT molecular complexity index is 1080. The summed E-state index contributed by atoms with van der Waals surface area (Å²) in [7, 11) is 0. The maximum atomic E-state index is 12.7. The fourth-order valence-corrected chi connectivity index (χ4v) is 2.64. The lowest BCUT2D eigenvalue weighted by molar-refractivity contribution is -0.119. The van der Waals surface area contributed by atoms with Gasteiger partial charge in [0.1, 0.15) is 0 Å². The molecule has 0 spiro atoms. The van der Waals surface area contributed by atoms with E-state index in [1.165, 1.54) is 6.07 Å². The predicted octanol–water partition coefficient (Wildman–Crippen LogP) is 3.58. The standard InChI is InChI=1S/C23H16N2O4/c24-14-16-10-12-18(13-11-16)25-21(26)15-29-23(28)20-9-5-4-8-19(20)22(27)17-6-2-1-3-7-17/h1-13H,15H2,(H,25,26). The lowest BCUT2D eigenvalue weighted by Crippen LogP contribution is -2.22. The lowest BCUT2D eigenvalue weighted by atomic mass is 9.98. The molecule has 3 rings (SSSR count). The van der Waals surface area contributed by atoms with Crippen LogP contribution in [0.2, 0.25) is 0 Å². The van der Waals surface area contributed by atoms with E-state index in [1.54, 1.807) is 72.8 Å². The Balaban J connectivity index is 1.66. The molecule has 0 saturated heterocycles. The second kappa shape index (κ2) is 9.11. The highest BCUT2D eigenvalue weighted by atomic mass is 16.5. The number of ether oxygens (including phenoxy) is 1. The summed E-state index contributed by atoms with van der Waals surface area (Å²) in [6.07, 6.45) is 0. The van der Waals surface area contributed by atoms with Crippen LogP contribution in [-0.4, -0.2) is 24.3 Å². The van der Waals surface area contributed by atoms with Gasteiger partial charge in [0.2, 0.25) is 0 Å². The number of hydrogen-bond donors (Lipinski definition) is 1. The third-order valence-electron chi connectivity index (χ3n) is 4.06. The van der Waals surface area contributed by atoms with Crippen molar-refractivity contribution < 1.29 is 19.1 Å². The zero-order valence-electron chi connectivity index (χ0n) is 15.3. The number of benzene rings is 3. The second-order valence-electron chi connectivity index (χ2n) is 6.05. The maximum Gasteiger partial charge on any atom is 0.339 e. The molecule has 1 N–H and O–H groups in total. The van der Waals surface area contributed by atoms with Crippen LogP contribution in [0.15, 0.2) is 78.9 Å². The number of nitrogens with one attached hydrogen (secondary N) is 1. The van der Waals surface area contributed by atoms with Crippen molar-refractivity contribution in [1.29, 1.82) is 5.26 Å². The van der Waals surface area contributed by atoms with Crippen molar-refractivity contribution in [3.05, 3.63) is 101 Å². The average Bonchev–Trinajstić information content (AvgIpc) is 2.78. The number of amides is 1. The molecule has 0 radical (unpaired) electrons. The molecule has 0 aliphatic rings. The maximum absolute atomic E-state index is 12.7. The minimum absolute atomic E-state index is 0.0903. The van der Waals surface area contributed by atoms with E-state index in [2.05, 4.69) is 5.32 Å². The van der Waals surface area contributed by atoms with Gasteiger partial charge >= 0.3 is 5.97 Å². The van der Waals surface area contributed by atoms with Crippen LogP contribution in [0.3, 0.4) is 0 Å². The van der Waals surface area contributed by atoms with E-state index in [9.17, 15) is 14.4 Å². The third kappa shape index (κ3) is 4.93. The van der Waals surface area contributed by atoms with E-state index in [4.69, 9.17) is 10.00 Å². The number of carbonyl (C=O) groups is 3. The van der Waals surface area contributed by atoms with Gasteiger partial charge in [-0.05, 0) is 30.3 Å². The molecule has 0 fully saturated rings. The summed E-state index contributed by atoms with van der Waals surface area (Å²) in [5, 5.41) is 11.4. The summed E-state index contributed by atoms with van der Waals surface area (Å²) in [6, 6.07) is 23.2. The number of ketones is 1. The zero-order chi connectivity index (χ0) is 20.6. The molecular formula is C23H16N2O4. The molecule has 0 aromatic heterocycles. The highest BCUT2D eigenvalue weighted by Gasteiger charge is 2.19. The molecule has 0 aliphatic heterocycles. The Labute approximate surface area is 167 Å². The molecule has 3 aromatic carbocycles. The average molecular weight is 384 g/mol. The minimum atomic E-state index is -0.764. The molecule has 0 unspecified atom stereocenters. The van der Waals surface area contributed by atoms with Crippen LogP contribution in [0.25, 0.3) is 0 Å². The normalized spacial score (nSPS) is 9.90. The Morgan fingerprint density at radius 1 is 0.828 bits per heavy atom. The lowest BCUT2D eigenvalue weighted by Gasteiger charge is -2.10. The van der Waals surface area contributed by atoms with Gasteiger partial charge in [-0.1, -0.05) is 48.5 Å². The molecule has 0 atom stereocenters. The number of carbonyl (C=O) groups excluding carboxylic acids is 3. The van der Waals surface area contributed by atoms with E-state index < -0.39 is 18.5 Å². The smallest absolute Gasteiger partial charge is 0.339 e. The van der Waals surface area contributed by atoms with E-state index >= 15 is 0 Å². The van der Waals surface area contributed by atoms with Crippen molar-refractivity contribution in [3.8, 4) is 6.07 Å². The fourth-order valence-electron chi connectivity index (χ4n) is 2.64. The van der Waals surface area contributed by atoms with Crippen molar-refractivity contribution in [2.75, 3.05) is 11.9 Å². The SMILES string of the molecule is N#Cc1ccc(NC(=O)COC(=O)c2ccccc2C(=O)c2ccccc2)cc1. The molecule has 142 valence electrons. The number of esters is 1. The fraction of sp³-hybridized carbons (Fsp3) is 0.0435. The molecule has 1 amide bonds. The first-order valence-electron chi connectivity index (χ1n) is 8.74. The van der Waals surface area contributed by atoms with Gasteiger partial charge in [-0.25, -0.2) is 4.79 Å². The molecule has 6 nitrogen and oxygen atoms in total. The first kappa shape index (κ1) is 19.5. The summed E-state index contributed by atoms with van der Waals surface area (Å²) < 4.78 is 5.08. The summed E-state index contributed by atoms with van der Waals surface area (Å²) in [5.74, 6) is -1.60. The van der Waals surface area contributed by atoms with Crippen molar-refractivity contribution in [3.63, 3.8) is 0 Å². The van der Waals surface area contributed by atoms with Crippen molar-refractivity contribution >= 4 is 23.3 Å². The van der Waals surface area contributed by atoms with Gasteiger partial charge in [0.05, 0.1) is 17.2 Å². The monoisotopic (exact) mass is 384 g/mol. The van der Waals surface area contributed by atoms with Crippen LogP contribution in [0.5, 0.6) is 0 Å². The molecule has 0 heterocycles. The highest BCUT2D eigenvalue weighted by molar-refractivity contribution is 6.14. The van der Waals surface area contributed by atoms with Gasteiger partial charge in [0.15, 0.2) is 12.4 Å². The molecule has 0 saturated carbocycles. The van der Waals surface area contributed by atoms with Gasteiger partial charge in [0, 0.05) is 16.8 Å².